The predicted octanol–water partition coefficient (Wildman–Crippen LogP) is 4.50. The van der Waals surface area contributed by atoms with Crippen LogP contribution in [0.25, 0.3) is 0 Å². The molecule has 1 nitrogen and oxygen atoms in total. The fraction of sp³-hybridized carbons (Fsp3) is 0.647. The molecular weight excluding hydrogens is 220 g/mol. The smallest absolute Gasteiger partial charge is 0.0681 e. The average Bonchev–Trinajstić information content (AvgIpc) is 2.25. The van der Waals surface area contributed by atoms with Crippen LogP contribution in [0.15, 0.2) is 24.3 Å². The van der Waals surface area contributed by atoms with Crippen molar-refractivity contribution >= 4 is 0 Å². The van der Waals surface area contributed by atoms with Crippen LogP contribution in [-0.2, 0) is 6.61 Å². The van der Waals surface area contributed by atoms with Gasteiger partial charge in [0.2, 0.25) is 0 Å². The van der Waals surface area contributed by atoms with Gasteiger partial charge in [-0.05, 0) is 47.1 Å². The molecule has 0 bridgehead atoms. The Morgan fingerprint density at radius 2 is 1.50 bits per heavy atom. The molecular formula is C17H26O. The van der Waals surface area contributed by atoms with Gasteiger partial charge in [0.05, 0.1) is 6.61 Å². The summed E-state index contributed by atoms with van der Waals surface area (Å²) in [6.07, 6.45) is 3.86. The largest absolute Gasteiger partial charge is 0.392 e. The number of hydrogen-bond acceptors (Lipinski definition) is 1. The summed E-state index contributed by atoms with van der Waals surface area (Å²) in [4.78, 5) is 0. The molecule has 1 aliphatic carbocycles. The zero-order valence-corrected chi connectivity index (χ0v) is 12.2. The lowest BCUT2D eigenvalue weighted by Gasteiger charge is -2.45. The lowest BCUT2D eigenvalue weighted by atomic mass is 9.60. The van der Waals surface area contributed by atoms with Crippen LogP contribution in [0.3, 0.4) is 0 Å². The second kappa shape index (κ2) is 4.70. The molecule has 0 atom stereocenters. The summed E-state index contributed by atoms with van der Waals surface area (Å²) in [5, 5.41) is 9.10. The molecule has 0 heterocycles. The monoisotopic (exact) mass is 246 g/mol. The Hall–Kier alpha value is -0.820. The van der Waals surface area contributed by atoms with Gasteiger partial charge in [-0.15, -0.1) is 0 Å². The van der Waals surface area contributed by atoms with Crippen molar-refractivity contribution in [3.8, 4) is 0 Å². The highest BCUT2D eigenvalue weighted by molar-refractivity contribution is 5.26. The van der Waals surface area contributed by atoms with Gasteiger partial charge < -0.3 is 5.11 Å². The molecule has 100 valence electrons. The first-order chi connectivity index (χ1) is 8.31. The van der Waals surface area contributed by atoms with Gasteiger partial charge in [0.25, 0.3) is 0 Å². The summed E-state index contributed by atoms with van der Waals surface area (Å²) in [6.45, 7) is 9.71. The Morgan fingerprint density at radius 1 is 1.00 bits per heavy atom. The molecule has 0 amide bonds. The normalized spacial score (nSPS) is 22.9. The van der Waals surface area contributed by atoms with E-state index in [0.717, 1.165) is 5.56 Å². The van der Waals surface area contributed by atoms with Gasteiger partial charge in [-0.1, -0.05) is 52.0 Å². The van der Waals surface area contributed by atoms with E-state index in [0.29, 0.717) is 16.7 Å². The molecule has 0 spiro atoms. The quantitative estimate of drug-likeness (QED) is 0.814. The van der Waals surface area contributed by atoms with Gasteiger partial charge in [-0.2, -0.15) is 0 Å². The van der Waals surface area contributed by atoms with E-state index in [4.69, 9.17) is 5.11 Å². The van der Waals surface area contributed by atoms with E-state index < -0.39 is 0 Å². The summed E-state index contributed by atoms with van der Waals surface area (Å²) >= 11 is 0. The van der Waals surface area contributed by atoms with Crippen LogP contribution in [0.4, 0.5) is 0 Å². The van der Waals surface area contributed by atoms with E-state index in [9.17, 15) is 0 Å². The van der Waals surface area contributed by atoms with E-state index in [-0.39, 0.29) is 6.61 Å². The van der Waals surface area contributed by atoms with Crippen molar-refractivity contribution in [3.05, 3.63) is 35.4 Å². The summed E-state index contributed by atoms with van der Waals surface area (Å²) in [7, 11) is 0. The predicted molar refractivity (Wildman–Crippen MR) is 76.5 cm³/mol. The van der Waals surface area contributed by atoms with E-state index in [1.54, 1.807) is 0 Å². The Kier molecular flexibility index (Phi) is 3.55. The lowest BCUT2D eigenvalue weighted by Crippen LogP contribution is -2.32. The van der Waals surface area contributed by atoms with Crippen molar-refractivity contribution in [1.82, 2.24) is 0 Å². The Bertz CT molecular complexity index is 384. The fourth-order valence-corrected chi connectivity index (χ4v) is 3.98. The molecule has 18 heavy (non-hydrogen) atoms. The molecule has 1 aliphatic rings. The minimum absolute atomic E-state index is 0.141. The van der Waals surface area contributed by atoms with Crippen molar-refractivity contribution < 1.29 is 5.11 Å². The number of rotatable bonds is 2. The zero-order chi connectivity index (χ0) is 13.4. The van der Waals surface area contributed by atoms with E-state index in [2.05, 4.69) is 52.0 Å². The first-order valence-corrected chi connectivity index (χ1v) is 7.01. The van der Waals surface area contributed by atoms with Crippen LogP contribution in [0.1, 0.15) is 64.0 Å². The van der Waals surface area contributed by atoms with Crippen LogP contribution < -0.4 is 0 Å². The minimum atomic E-state index is 0.141. The molecule has 1 saturated carbocycles. The third-order valence-corrected chi connectivity index (χ3v) is 4.19. The second-order valence-corrected chi connectivity index (χ2v) is 7.51. The van der Waals surface area contributed by atoms with Gasteiger partial charge in [0, 0.05) is 0 Å². The molecule has 1 heteroatoms. The zero-order valence-electron chi connectivity index (χ0n) is 12.2. The molecule has 2 rings (SSSR count). The maximum atomic E-state index is 9.10. The standard InChI is InChI=1S/C17H26O/c1-16(2)9-15(10-17(3,4)12-16)14-7-5-13(11-18)6-8-14/h5-8,15,18H,9-12H2,1-4H3. The van der Waals surface area contributed by atoms with E-state index in [1.807, 2.05) is 0 Å². The molecule has 0 aliphatic heterocycles. The van der Waals surface area contributed by atoms with Gasteiger partial charge in [0.1, 0.15) is 0 Å². The highest BCUT2D eigenvalue weighted by atomic mass is 16.3. The molecule has 0 unspecified atom stereocenters. The summed E-state index contributed by atoms with van der Waals surface area (Å²) in [5.74, 6) is 0.663. The number of aliphatic hydroxyl groups excluding tert-OH is 1. The molecule has 1 aromatic rings. The molecule has 0 aromatic heterocycles. The van der Waals surface area contributed by atoms with Crippen LogP contribution in [0.2, 0.25) is 0 Å². The first-order valence-electron chi connectivity index (χ1n) is 7.01. The van der Waals surface area contributed by atoms with Gasteiger partial charge in [-0.25, -0.2) is 0 Å². The number of benzene rings is 1. The fourth-order valence-electron chi connectivity index (χ4n) is 3.98. The summed E-state index contributed by atoms with van der Waals surface area (Å²) in [6, 6.07) is 8.52. The third kappa shape index (κ3) is 3.14. The Balaban J connectivity index is 2.21. The van der Waals surface area contributed by atoms with Crippen LogP contribution >= 0.6 is 0 Å². The van der Waals surface area contributed by atoms with Crippen LogP contribution in [0.5, 0.6) is 0 Å². The summed E-state index contributed by atoms with van der Waals surface area (Å²) in [5.41, 5.74) is 3.31. The molecule has 0 radical (unpaired) electrons. The van der Waals surface area contributed by atoms with Crippen LogP contribution in [-0.4, -0.2) is 5.11 Å². The molecule has 1 fully saturated rings. The maximum Gasteiger partial charge on any atom is 0.0681 e. The van der Waals surface area contributed by atoms with Crippen LogP contribution in [0, 0.1) is 10.8 Å². The van der Waals surface area contributed by atoms with Crippen molar-refractivity contribution in [2.75, 3.05) is 0 Å². The number of hydrogen-bond donors (Lipinski definition) is 1. The van der Waals surface area contributed by atoms with Gasteiger partial charge in [0.15, 0.2) is 0 Å². The first kappa shape index (κ1) is 13.6. The molecule has 0 saturated heterocycles. The van der Waals surface area contributed by atoms with E-state index in [1.165, 1.54) is 24.8 Å². The summed E-state index contributed by atoms with van der Waals surface area (Å²) < 4.78 is 0. The second-order valence-electron chi connectivity index (χ2n) is 7.51. The Morgan fingerprint density at radius 3 is 1.94 bits per heavy atom. The minimum Gasteiger partial charge on any atom is -0.392 e. The highest BCUT2D eigenvalue weighted by Gasteiger charge is 2.38. The number of aliphatic hydroxyl groups is 1. The van der Waals surface area contributed by atoms with Crippen molar-refractivity contribution in [2.24, 2.45) is 10.8 Å². The third-order valence-electron chi connectivity index (χ3n) is 4.19. The Labute approximate surface area is 111 Å². The van der Waals surface area contributed by atoms with E-state index >= 15 is 0 Å². The highest BCUT2D eigenvalue weighted by Crippen LogP contribution is 2.51. The lowest BCUT2D eigenvalue weighted by molar-refractivity contribution is 0.0969. The van der Waals surface area contributed by atoms with Crippen molar-refractivity contribution in [1.29, 1.82) is 0 Å². The van der Waals surface area contributed by atoms with Crippen molar-refractivity contribution in [3.63, 3.8) is 0 Å². The maximum absolute atomic E-state index is 9.10. The SMILES string of the molecule is CC1(C)CC(c2ccc(CO)cc2)CC(C)(C)C1. The van der Waals surface area contributed by atoms with Gasteiger partial charge >= 0.3 is 0 Å². The average molecular weight is 246 g/mol. The van der Waals surface area contributed by atoms with Crippen molar-refractivity contribution in [2.45, 2.75) is 59.5 Å². The topological polar surface area (TPSA) is 20.2 Å². The van der Waals surface area contributed by atoms with Gasteiger partial charge in [-0.3, -0.25) is 0 Å². The molecule has 1 aromatic carbocycles. The molecule has 1 N–H and O–H groups in total.